The van der Waals surface area contributed by atoms with E-state index in [4.69, 9.17) is 0 Å². The molecule has 2 aliphatic rings. The van der Waals surface area contributed by atoms with Crippen LogP contribution in [0.2, 0.25) is 0 Å². The summed E-state index contributed by atoms with van der Waals surface area (Å²) in [4.78, 5) is 2.66. The lowest BCUT2D eigenvalue weighted by Crippen LogP contribution is -2.41. The van der Waals surface area contributed by atoms with Gasteiger partial charge in [-0.1, -0.05) is 20.8 Å². The highest BCUT2D eigenvalue weighted by Crippen LogP contribution is 2.28. The zero-order valence-corrected chi connectivity index (χ0v) is 13.3. The van der Waals surface area contributed by atoms with Crippen molar-refractivity contribution in [3.05, 3.63) is 0 Å². The smallest absolute Gasteiger partial charge is 0.00928 e. The van der Waals surface area contributed by atoms with Gasteiger partial charge in [-0.25, -0.2) is 0 Å². The molecule has 2 nitrogen and oxygen atoms in total. The molecule has 1 saturated heterocycles. The number of hydrogen-bond acceptors (Lipinski definition) is 2. The van der Waals surface area contributed by atoms with Crippen molar-refractivity contribution in [1.29, 1.82) is 0 Å². The van der Waals surface area contributed by atoms with Crippen molar-refractivity contribution in [1.82, 2.24) is 10.2 Å². The fraction of sp³-hybridized carbons (Fsp3) is 1.00. The Morgan fingerprint density at radius 3 is 2.37 bits per heavy atom. The van der Waals surface area contributed by atoms with Crippen molar-refractivity contribution in [2.45, 2.75) is 65.3 Å². The number of hydrogen-bond donors (Lipinski definition) is 1. The van der Waals surface area contributed by atoms with E-state index in [-0.39, 0.29) is 0 Å². The molecule has 3 atom stereocenters. The van der Waals surface area contributed by atoms with Gasteiger partial charge in [0, 0.05) is 6.04 Å². The molecule has 2 fully saturated rings. The van der Waals surface area contributed by atoms with Crippen molar-refractivity contribution in [2.24, 2.45) is 17.8 Å². The first-order chi connectivity index (χ1) is 9.15. The van der Waals surface area contributed by atoms with E-state index in [0.717, 1.165) is 23.8 Å². The summed E-state index contributed by atoms with van der Waals surface area (Å²) in [7, 11) is 0. The van der Waals surface area contributed by atoms with Crippen LogP contribution in [0.5, 0.6) is 0 Å². The van der Waals surface area contributed by atoms with E-state index in [9.17, 15) is 0 Å². The predicted molar refractivity (Wildman–Crippen MR) is 83.4 cm³/mol. The van der Waals surface area contributed by atoms with Gasteiger partial charge in [-0.05, 0) is 82.5 Å². The molecule has 0 aromatic carbocycles. The van der Waals surface area contributed by atoms with Crippen molar-refractivity contribution in [3.63, 3.8) is 0 Å². The summed E-state index contributed by atoms with van der Waals surface area (Å²) < 4.78 is 0. The van der Waals surface area contributed by atoms with Crippen LogP contribution in [0.3, 0.4) is 0 Å². The quantitative estimate of drug-likeness (QED) is 0.766. The van der Waals surface area contributed by atoms with E-state index in [1.807, 2.05) is 0 Å². The molecule has 2 heteroatoms. The van der Waals surface area contributed by atoms with Crippen LogP contribution in [-0.2, 0) is 0 Å². The first-order valence-corrected chi connectivity index (χ1v) is 8.61. The van der Waals surface area contributed by atoms with Gasteiger partial charge in [0.2, 0.25) is 0 Å². The number of nitrogens with one attached hydrogen (secondary N) is 1. The van der Waals surface area contributed by atoms with Crippen LogP contribution in [0.4, 0.5) is 0 Å². The molecule has 112 valence electrons. The lowest BCUT2D eigenvalue weighted by molar-refractivity contribution is 0.185. The molecule has 1 aliphatic carbocycles. The maximum Gasteiger partial charge on any atom is 0.00928 e. The van der Waals surface area contributed by atoms with Gasteiger partial charge in [0.25, 0.3) is 0 Å². The molecule has 0 aromatic rings. The first kappa shape index (κ1) is 15.3. The van der Waals surface area contributed by atoms with Gasteiger partial charge in [0.15, 0.2) is 0 Å². The molecule has 0 bridgehead atoms. The fourth-order valence-corrected chi connectivity index (χ4v) is 3.84. The Balaban J connectivity index is 1.54. The Hall–Kier alpha value is -0.0800. The second-order valence-electron chi connectivity index (χ2n) is 7.33. The third kappa shape index (κ3) is 5.07. The van der Waals surface area contributed by atoms with Gasteiger partial charge >= 0.3 is 0 Å². The third-order valence-corrected chi connectivity index (χ3v) is 5.37. The lowest BCUT2D eigenvalue weighted by Gasteiger charge is -2.34. The summed E-state index contributed by atoms with van der Waals surface area (Å²) in [6.07, 6.45) is 8.38. The van der Waals surface area contributed by atoms with Crippen molar-refractivity contribution < 1.29 is 0 Å². The van der Waals surface area contributed by atoms with Crippen LogP contribution < -0.4 is 5.32 Å². The Bertz CT molecular complexity index is 246. The Morgan fingerprint density at radius 2 is 1.68 bits per heavy atom. The number of piperidine rings is 1. The highest BCUT2D eigenvalue weighted by Gasteiger charge is 2.24. The van der Waals surface area contributed by atoms with E-state index in [0.29, 0.717) is 0 Å². The van der Waals surface area contributed by atoms with Crippen molar-refractivity contribution in [2.75, 3.05) is 26.2 Å². The second-order valence-corrected chi connectivity index (χ2v) is 7.33. The monoisotopic (exact) mass is 266 g/mol. The van der Waals surface area contributed by atoms with Gasteiger partial charge in [0.05, 0.1) is 0 Å². The average molecular weight is 266 g/mol. The predicted octanol–water partition coefficient (Wildman–Crippen LogP) is 3.52. The third-order valence-electron chi connectivity index (χ3n) is 5.37. The highest BCUT2D eigenvalue weighted by molar-refractivity contribution is 4.81. The van der Waals surface area contributed by atoms with Crippen molar-refractivity contribution in [3.8, 4) is 0 Å². The molecule has 19 heavy (non-hydrogen) atoms. The van der Waals surface area contributed by atoms with Gasteiger partial charge in [-0.2, -0.15) is 0 Å². The van der Waals surface area contributed by atoms with Crippen LogP contribution in [0.15, 0.2) is 0 Å². The van der Waals surface area contributed by atoms with E-state index < -0.39 is 0 Å². The van der Waals surface area contributed by atoms with E-state index >= 15 is 0 Å². The first-order valence-electron chi connectivity index (χ1n) is 8.61. The summed E-state index contributed by atoms with van der Waals surface area (Å²) in [5.74, 6) is 2.78. The lowest BCUT2D eigenvalue weighted by atomic mass is 9.80. The molecule has 0 spiro atoms. The van der Waals surface area contributed by atoms with Crippen LogP contribution in [0.1, 0.15) is 59.3 Å². The summed E-state index contributed by atoms with van der Waals surface area (Å²) in [6, 6.07) is 0.789. The van der Waals surface area contributed by atoms with E-state index in [2.05, 4.69) is 31.0 Å². The summed E-state index contributed by atoms with van der Waals surface area (Å²) in [5, 5.41) is 3.81. The minimum atomic E-state index is 0.789. The highest BCUT2D eigenvalue weighted by atomic mass is 15.1. The van der Waals surface area contributed by atoms with Crippen molar-refractivity contribution >= 4 is 0 Å². The summed E-state index contributed by atoms with van der Waals surface area (Å²) >= 11 is 0. The molecule has 1 saturated carbocycles. The Kier molecular flexibility index (Phi) is 6.15. The maximum absolute atomic E-state index is 3.81. The van der Waals surface area contributed by atoms with Gasteiger partial charge in [0.1, 0.15) is 0 Å². The summed E-state index contributed by atoms with van der Waals surface area (Å²) in [5.41, 5.74) is 0. The van der Waals surface area contributed by atoms with Crippen LogP contribution in [-0.4, -0.2) is 37.1 Å². The van der Waals surface area contributed by atoms with E-state index in [1.54, 1.807) is 0 Å². The normalized spacial score (nSPS) is 34.6. The van der Waals surface area contributed by atoms with Gasteiger partial charge in [-0.15, -0.1) is 0 Å². The minimum absolute atomic E-state index is 0.789. The minimum Gasteiger partial charge on any atom is -0.314 e. The molecule has 1 aliphatic heterocycles. The molecule has 1 N–H and O–H groups in total. The molecular formula is C17H34N2. The van der Waals surface area contributed by atoms with Crippen LogP contribution in [0.25, 0.3) is 0 Å². The topological polar surface area (TPSA) is 15.3 Å². The SMILES string of the molecule is CC1CCN(CCCNC2CCC(C)CC2C)CC1. The zero-order chi connectivity index (χ0) is 13.7. The average Bonchev–Trinajstić information content (AvgIpc) is 2.39. The molecule has 0 amide bonds. The molecule has 3 unspecified atom stereocenters. The molecule has 1 heterocycles. The molecule has 2 rings (SSSR count). The van der Waals surface area contributed by atoms with Gasteiger partial charge < -0.3 is 10.2 Å². The Labute approximate surface area is 120 Å². The van der Waals surface area contributed by atoms with Crippen LogP contribution >= 0.6 is 0 Å². The number of likely N-dealkylation sites (tertiary alicyclic amines) is 1. The number of rotatable bonds is 5. The second kappa shape index (κ2) is 7.64. The summed E-state index contributed by atoms with van der Waals surface area (Å²) in [6.45, 7) is 12.4. The number of nitrogens with zero attached hydrogens (tertiary/aromatic N) is 1. The molecular weight excluding hydrogens is 232 g/mol. The largest absolute Gasteiger partial charge is 0.314 e. The maximum atomic E-state index is 3.81. The molecule has 0 aromatic heterocycles. The standard InChI is InChI=1S/C17H34N2/c1-14-7-11-19(12-8-14)10-4-9-18-17-6-5-15(2)13-16(17)3/h14-18H,4-13H2,1-3H3. The zero-order valence-electron chi connectivity index (χ0n) is 13.3. The van der Waals surface area contributed by atoms with Crippen LogP contribution in [0, 0.1) is 17.8 Å². The fourth-order valence-electron chi connectivity index (χ4n) is 3.84. The van der Waals surface area contributed by atoms with E-state index in [1.165, 1.54) is 64.7 Å². The molecule has 0 radical (unpaired) electrons. The Morgan fingerprint density at radius 1 is 0.947 bits per heavy atom. The van der Waals surface area contributed by atoms with Gasteiger partial charge in [-0.3, -0.25) is 0 Å².